The summed E-state index contributed by atoms with van der Waals surface area (Å²) in [6.07, 6.45) is 0. The molecule has 0 aliphatic heterocycles. The molecule has 0 aliphatic rings. The Balaban J connectivity index is 1.95. The number of hydrogen-bond acceptors (Lipinski definition) is 1. The molecule has 0 heterocycles. The minimum atomic E-state index is -2.84. The molecule has 0 bridgehead atoms. The van der Waals surface area contributed by atoms with E-state index in [1.165, 1.54) is 0 Å². The van der Waals surface area contributed by atoms with E-state index in [4.69, 9.17) is 0 Å². The van der Waals surface area contributed by atoms with Crippen LogP contribution in [0.3, 0.4) is 0 Å². The third-order valence-corrected chi connectivity index (χ3v) is 6.24. The zero-order valence-electron chi connectivity index (χ0n) is 12.2. The summed E-state index contributed by atoms with van der Waals surface area (Å²) in [6, 6.07) is 29.3. The summed E-state index contributed by atoms with van der Waals surface area (Å²) >= 11 is 0. The van der Waals surface area contributed by atoms with Gasteiger partial charge in [0.25, 0.3) is 0 Å². The molecule has 0 aromatic heterocycles. The molecule has 2 nitrogen and oxygen atoms in total. The lowest BCUT2D eigenvalue weighted by molar-refractivity contribution is 0.578. The van der Waals surface area contributed by atoms with Crippen LogP contribution in [0.25, 0.3) is 0 Å². The van der Waals surface area contributed by atoms with E-state index in [1.807, 2.05) is 91.0 Å². The molecule has 0 fully saturated rings. The van der Waals surface area contributed by atoms with Crippen molar-refractivity contribution in [2.24, 2.45) is 0 Å². The van der Waals surface area contributed by atoms with Gasteiger partial charge in [0.2, 0.25) is 7.29 Å². The van der Waals surface area contributed by atoms with Gasteiger partial charge in [-0.05, 0) is 29.8 Å². The number of benzene rings is 3. The van der Waals surface area contributed by atoms with E-state index in [9.17, 15) is 4.57 Å². The summed E-state index contributed by atoms with van der Waals surface area (Å²) in [7, 11) is -2.84. The number of nitrogens with one attached hydrogen (secondary N) is 1. The van der Waals surface area contributed by atoms with Gasteiger partial charge in [0, 0.05) is 17.2 Å². The SMILES string of the molecule is O=P(NCc1ccccc1)(c1ccccc1)c1ccccc1. The Bertz CT molecular complexity index is 714. The van der Waals surface area contributed by atoms with Crippen molar-refractivity contribution < 1.29 is 4.57 Å². The van der Waals surface area contributed by atoms with Gasteiger partial charge in [0.15, 0.2) is 0 Å². The molecule has 0 aliphatic carbocycles. The first-order valence-electron chi connectivity index (χ1n) is 7.29. The van der Waals surface area contributed by atoms with Gasteiger partial charge < -0.3 is 0 Å². The Kier molecular flexibility index (Phi) is 4.53. The minimum absolute atomic E-state index is 0.571. The molecule has 0 radical (unpaired) electrons. The van der Waals surface area contributed by atoms with Crippen molar-refractivity contribution in [1.82, 2.24) is 5.09 Å². The van der Waals surface area contributed by atoms with Crippen LogP contribution in [0.1, 0.15) is 5.56 Å². The van der Waals surface area contributed by atoms with E-state index in [1.54, 1.807) is 0 Å². The lowest BCUT2D eigenvalue weighted by Crippen LogP contribution is -2.27. The zero-order valence-corrected chi connectivity index (χ0v) is 13.1. The Labute approximate surface area is 131 Å². The van der Waals surface area contributed by atoms with Crippen molar-refractivity contribution >= 4 is 17.9 Å². The second-order valence-corrected chi connectivity index (χ2v) is 7.67. The normalized spacial score (nSPS) is 11.3. The van der Waals surface area contributed by atoms with Gasteiger partial charge in [-0.2, -0.15) is 0 Å². The summed E-state index contributed by atoms with van der Waals surface area (Å²) in [5.74, 6) is 0. The molecule has 0 amide bonds. The molecule has 1 N–H and O–H groups in total. The Morgan fingerprint density at radius 2 is 1.05 bits per heavy atom. The molecular weight excluding hydrogens is 289 g/mol. The lowest BCUT2D eigenvalue weighted by Gasteiger charge is -2.20. The van der Waals surface area contributed by atoms with Crippen LogP contribution in [0, 0.1) is 0 Å². The van der Waals surface area contributed by atoms with E-state index in [0.717, 1.165) is 16.2 Å². The molecule has 0 spiro atoms. The Morgan fingerprint density at radius 3 is 1.50 bits per heavy atom. The van der Waals surface area contributed by atoms with Crippen molar-refractivity contribution in [3.63, 3.8) is 0 Å². The summed E-state index contributed by atoms with van der Waals surface area (Å²) in [4.78, 5) is 0. The quantitative estimate of drug-likeness (QED) is 0.728. The molecule has 3 heteroatoms. The molecule has 110 valence electrons. The van der Waals surface area contributed by atoms with E-state index >= 15 is 0 Å². The fourth-order valence-corrected chi connectivity index (χ4v) is 4.66. The summed E-state index contributed by atoms with van der Waals surface area (Å²) in [6.45, 7) is 0.571. The molecular formula is C19H18NOP. The zero-order chi connectivity index (χ0) is 15.3. The monoisotopic (exact) mass is 307 g/mol. The Morgan fingerprint density at radius 1 is 0.636 bits per heavy atom. The van der Waals surface area contributed by atoms with Crippen molar-refractivity contribution in [3.05, 3.63) is 96.6 Å². The Hall–Kier alpha value is -2.15. The predicted octanol–water partition coefficient (Wildman–Crippen LogP) is 3.71. The highest BCUT2D eigenvalue weighted by Crippen LogP contribution is 2.38. The van der Waals surface area contributed by atoms with E-state index in [2.05, 4.69) is 5.09 Å². The van der Waals surface area contributed by atoms with Gasteiger partial charge in [-0.15, -0.1) is 0 Å². The first kappa shape index (κ1) is 14.8. The number of hydrogen-bond donors (Lipinski definition) is 1. The van der Waals surface area contributed by atoms with Crippen LogP contribution in [-0.2, 0) is 11.1 Å². The predicted molar refractivity (Wildman–Crippen MR) is 93.0 cm³/mol. The van der Waals surface area contributed by atoms with Crippen LogP contribution < -0.4 is 15.7 Å². The fourth-order valence-electron chi connectivity index (χ4n) is 2.41. The molecule has 3 rings (SSSR count). The third-order valence-electron chi connectivity index (χ3n) is 3.59. The summed E-state index contributed by atoms with van der Waals surface area (Å²) in [5.41, 5.74) is 1.12. The minimum Gasteiger partial charge on any atom is -0.297 e. The van der Waals surface area contributed by atoms with E-state index in [0.29, 0.717) is 6.54 Å². The van der Waals surface area contributed by atoms with Crippen LogP contribution in [0.2, 0.25) is 0 Å². The van der Waals surface area contributed by atoms with Gasteiger partial charge in [0.05, 0.1) is 0 Å². The smallest absolute Gasteiger partial charge is 0.204 e. The van der Waals surface area contributed by atoms with Gasteiger partial charge >= 0.3 is 0 Å². The molecule has 0 unspecified atom stereocenters. The third kappa shape index (κ3) is 3.19. The second kappa shape index (κ2) is 6.74. The van der Waals surface area contributed by atoms with Gasteiger partial charge in [-0.1, -0.05) is 66.7 Å². The molecule has 3 aromatic carbocycles. The second-order valence-electron chi connectivity index (χ2n) is 5.10. The standard InChI is InChI=1S/C19H18NOP/c21-22(18-12-6-2-7-13-18,19-14-8-3-9-15-19)20-16-17-10-4-1-5-11-17/h1-15H,16H2,(H,20,21). The maximum atomic E-state index is 13.7. The van der Waals surface area contributed by atoms with Gasteiger partial charge in [-0.25, -0.2) is 0 Å². The molecule has 3 aromatic rings. The molecule has 0 saturated carbocycles. The molecule has 0 saturated heterocycles. The van der Waals surface area contributed by atoms with E-state index < -0.39 is 7.29 Å². The maximum Gasteiger partial charge on any atom is 0.204 e. The number of rotatable bonds is 5. The van der Waals surface area contributed by atoms with Crippen LogP contribution >= 0.6 is 7.29 Å². The molecule has 0 atom stereocenters. The van der Waals surface area contributed by atoms with Crippen molar-refractivity contribution in [1.29, 1.82) is 0 Å². The van der Waals surface area contributed by atoms with Crippen LogP contribution in [0.5, 0.6) is 0 Å². The average molecular weight is 307 g/mol. The van der Waals surface area contributed by atoms with Crippen molar-refractivity contribution in [2.75, 3.05) is 0 Å². The van der Waals surface area contributed by atoms with Gasteiger partial charge in [-0.3, -0.25) is 9.65 Å². The lowest BCUT2D eigenvalue weighted by atomic mass is 10.2. The average Bonchev–Trinajstić information content (AvgIpc) is 2.62. The molecule has 22 heavy (non-hydrogen) atoms. The topological polar surface area (TPSA) is 29.1 Å². The van der Waals surface area contributed by atoms with Gasteiger partial charge in [0.1, 0.15) is 0 Å². The van der Waals surface area contributed by atoms with Crippen molar-refractivity contribution in [3.8, 4) is 0 Å². The van der Waals surface area contributed by atoms with Crippen LogP contribution in [-0.4, -0.2) is 0 Å². The maximum absolute atomic E-state index is 13.7. The highest BCUT2D eigenvalue weighted by Gasteiger charge is 2.26. The summed E-state index contributed by atoms with van der Waals surface area (Å²) < 4.78 is 13.7. The fraction of sp³-hybridized carbons (Fsp3) is 0.0526. The van der Waals surface area contributed by atoms with Crippen LogP contribution in [0.15, 0.2) is 91.0 Å². The van der Waals surface area contributed by atoms with Crippen LogP contribution in [0.4, 0.5) is 0 Å². The van der Waals surface area contributed by atoms with E-state index in [-0.39, 0.29) is 0 Å². The summed E-state index contributed by atoms with van der Waals surface area (Å²) in [5, 5.41) is 4.96. The first-order chi connectivity index (χ1) is 10.8. The first-order valence-corrected chi connectivity index (χ1v) is 9.00. The highest BCUT2D eigenvalue weighted by atomic mass is 31.2. The van der Waals surface area contributed by atoms with Crippen molar-refractivity contribution in [2.45, 2.75) is 6.54 Å². The highest BCUT2D eigenvalue weighted by molar-refractivity contribution is 7.76. The largest absolute Gasteiger partial charge is 0.297 e.